The maximum atomic E-state index is 12.9. The van der Waals surface area contributed by atoms with Gasteiger partial charge in [0.15, 0.2) is 0 Å². The third-order valence-corrected chi connectivity index (χ3v) is 6.40. The zero-order valence-electron chi connectivity index (χ0n) is 17.0. The van der Waals surface area contributed by atoms with Crippen molar-refractivity contribution in [3.8, 4) is 0 Å². The van der Waals surface area contributed by atoms with Gasteiger partial charge < -0.3 is 14.8 Å². The van der Waals surface area contributed by atoms with E-state index in [4.69, 9.17) is 0 Å². The fourth-order valence-corrected chi connectivity index (χ4v) is 4.42. The quantitative estimate of drug-likeness (QED) is 0.729. The number of aromatic nitrogens is 1. The Morgan fingerprint density at radius 3 is 2.48 bits per heavy atom. The van der Waals surface area contributed by atoms with Crippen LogP contribution < -0.4 is 10.2 Å². The number of aryl methyl sites for hydroxylation is 1. The lowest BCUT2D eigenvalue weighted by atomic mass is 10.1. The lowest BCUT2D eigenvalue weighted by molar-refractivity contribution is 0.0915. The highest BCUT2D eigenvalue weighted by molar-refractivity contribution is 5.98. The van der Waals surface area contributed by atoms with E-state index in [1.165, 1.54) is 11.1 Å². The van der Waals surface area contributed by atoms with E-state index in [0.29, 0.717) is 0 Å². The van der Waals surface area contributed by atoms with Crippen LogP contribution >= 0.6 is 0 Å². The molecule has 1 amide bonds. The molecule has 0 bridgehead atoms. The molecule has 1 aliphatic heterocycles. The van der Waals surface area contributed by atoms with Crippen LogP contribution in [0.4, 0.5) is 5.69 Å². The topological polar surface area (TPSA) is 40.5 Å². The molecular weight excluding hydrogens is 360 g/mol. The summed E-state index contributed by atoms with van der Waals surface area (Å²) in [4.78, 5) is 17.9. The van der Waals surface area contributed by atoms with Crippen molar-refractivity contribution in [3.63, 3.8) is 0 Å². The second-order valence-electron chi connectivity index (χ2n) is 8.53. The highest BCUT2D eigenvalue weighted by Gasteiger charge is 2.45. The molecule has 2 heterocycles. The summed E-state index contributed by atoms with van der Waals surface area (Å²) in [5.41, 5.74) is 3.10. The molecule has 0 unspecified atom stereocenters. The van der Waals surface area contributed by atoms with Gasteiger partial charge in [0, 0.05) is 62.7 Å². The summed E-state index contributed by atoms with van der Waals surface area (Å²) >= 11 is 0. The molecule has 0 radical (unpaired) electrons. The van der Waals surface area contributed by atoms with E-state index in [-0.39, 0.29) is 11.4 Å². The predicted octanol–water partition coefficient (Wildman–Crippen LogP) is 3.26. The van der Waals surface area contributed by atoms with Crippen LogP contribution in [0.3, 0.4) is 0 Å². The molecule has 5 nitrogen and oxygen atoms in total. The number of benzene rings is 2. The molecule has 1 N–H and O–H groups in total. The van der Waals surface area contributed by atoms with E-state index in [0.717, 1.165) is 56.6 Å². The summed E-state index contributed by atoms with van der Waals surface area (Å²) in [6, 6.07) is 18.7. The minimum Gasteiger partial charge on any atom is -0.369 e. The van der Waals surface area contributed by atoms with Crippen molar-refractivity contribution >= 4 is 22.5 Å². The Bertz CT molecular complexity index is 1010. The average molecular weight is 389 g/mol. The Balaban J connectivity index is 1.20. The van der Waals surface area contributed by atoms with Gasteiger partial charge in [-0.15, -0.1) is 0 Å². The number of hydrogen-bond acceptors (Lipinski definition) is 3. The maximum Gasteiger partial charge on any atom is 0.251 e. The maximum absolute atomic E-state index is 12.9. The Morgan fingerprint density at radius 1 is 1.00 bits per heavy atom. The number of anilines is 1. The van der Waals surface area contributed by atoms with Gasteiger partial charge >= 0.3 is 0 Å². The molecule has 150 valence electrons. The van der Waals surface area contributed by atoms with E-state index in [1.54, 1.807) is 0 Å². The number of para-hydroxylation sites is 1. The number of amides is 1. The average Bonchev–Trinajstić information content (AvgIpc) is 3.41. The second kappa shape index (κ2) is 7.23. The molecule has 1 aromatic heterocycles. The van der Waals surface area contributed by atoms with Crippen molar-refractivity contribution in [2.24, 2.45) is 7.05 Å². The van der Waals surface area contributed by atoms with Crippen LogP contribution in [0.2, 0.25) is 0 Å². The van der Waals surface area contributed by atoms with Gasteiger partial charge in [-0.2, -0.15) is 0 Å². The zero-order chi connectivity index (χ0) is 19.8. The number of nitrogens with one attached hydrogen (secondary N) is 1. The van der Waals surface area contributed by atoms with Gasteiger partial charge in [-0.25, -0.2) is 0 Å². The molecule has 5 rings (SSSR count). The van der Waals surface area contributed by atoms with Crippen LogP contribution in [0.25, 0.3) is 10.9 Å². The highest BCUT2D eigenvalue weighted by atomic mass is 16.1. The zero-order valence-corrected chi connectivity index (χ0v) is 17.0. The molecule has 0 spiro atoms. The lowest BCUT2D eigenvalue weighted by Crippen LogP contribution is -2.52. The summed E-state index contributed by atoms with van der Waals surface area (Å²) < 4.78 is 2.06. The van der Waals surface area contributed by atoms with Crippen LogP contribution in [0.1, 0.15) is 23.2 Å². The van der Waals surface area contributed by atoms with Crippen molar-refractivity contribution in [1.82, 2.24) is 14.8 Å². The molecule has 2 aromatic carbocycles. The Labute approximate surface area is 171 Å². The predicted molar refractivity (Wildman–Crippen MR) is 117 cm³/mol. The number of fused-ring (bicyclic) bond motifs is 1. The summed E-state index contributed by atoms with van der Waals surface area (Å²) in [6.45, 7) is 5.12. The fraction of sp³-hybridized carbons (Fsp3) is 0.375. The van der Waals surface area contributed by atoms with Gasteiger partial charge in [0.2, 0.25) is 0 Å². The van der Waals surface area contributed by atoms with Crippen molar-refractivity contribution in [2.75, 3.05) is 37.6 Å². The smallest absolute Gasteiger partial charge is 0.251 e. The van der Waals surface area contributed by atoms with E-state index in [1.807, 2.05) is 31.4 Å². The van der Waals surface area contributed by atoms with Crippen molar-refractivity contribution in [1.29, 1.82) is 0 Å². The first-order valence-corrected chi connectivity index (χ1v) is 10.5. The van der Waals surface area contributed by atoms with E-state index >= 15 is 0 Å². The van der Waals surface area contributed by atoms with E-state index in [9.17, 15) is 4.79 Å². The fourth-order valence-electron chi connectivity index (χ4n) is 4.42. The minimum atomic E-state index is -0.0465. The van der Waals surface area contributed by atoms with Crippen LogP contribution in [-0.2, 0) is 7.05 Å². The van der Waals surface area contributed by atoms with Gasteiger partial charge in [-0.3, -0.25) is 9.69 Å². The number of rotatable bonds is 5. The van der Waals surface area contributed by atoms with Crippen LogP contribution in [0.15, 0.2) is 60.8 Å². The highest BCUT2D eigenvalue weighted by Crippen LogP contribution is 2.37. The summed E-state index contributed by atoms with van der Waals surface area (Å²) in [5.74, 6) is 0.0496. The first-order valence-electron chi connectivity index (χ1n) is 10.5. The molecule has 5 heteroatoms. The largest absolute Gasteiger partial charge is 0.369 e. The molecule has 1 saturated carbocycles. The van der Waals surface area contributed by atoms with E-state index < -0.39 is 0 Å². The summed E-state index contributed by atoms with van der Waals surface area (Å²) in [6.07, 6.45) is 4.18. The minimum absolute atomic E-state index is 0.0465. The molecule has 0 atom stereocenters. The number of carbonyl (C=O) groups excluding carboxylic acids is 1. The SMILES string of the molecule is Cn1ccc2ccc(C(=O)NC3(CN4CCN(c5ccccc5)CC4)CC3)cc21. The Hall–Kier alpha value is -2.79. The van der Waals surface area contributed by atoms with Crippen molar-refractivity contribution in [2.45, 2.75) is 18.4 Å². The number of piperazine rings is 1. The third kappa shape index (κ3) is 3.75. The first-order chi connectivity index (χ1) is 14.1. The molecular formula is C24H28N4O. The second-order valence-corrected chi connectivity index (χ2v) is 8.53. The number of carbonyl (C=O) groups is 1. The molecule has 29 heavy (non-hydrogen) atoms. The normalized spacial score (nSPS) is 18.7. The van der Waals surface area contributed by atoms with Crippen molar-refractivity contribution < 1.29 is 4.79 Å². The van der Waals surface area contributed by atoms with Gasteiger partial charge in [-0.1, -0.05) is 24.3 Å². The monoisotopic (exact) mass is 388 g/mol. The Kier molecular flexibility index (Phi) is 4.55. The van der Waals surface area contributed by atoms with Gasteiger partial charge in [0.25, 0.3) is 5.91 Å². The van der Waals surface area contributed by atoms with Crippen LogP contribution in [0.5, 0.6) is 0 Å². The van der Waals surface area contributed by atoms with Crippen LogP contribution in [-0.4, -0.2) is 53.6 Å². The molecule has 1 aliphatic carbocycles. The van der Waals surface area contributed by atoms with Crippen LogP contribution in [0, 0.1) is 0 Å². The summed E-state index contributed by atoms with van der Waals surface area (Å²) in [7, 11) is 2.02. The molecule has 1 saturated heterocycles. The summed E-state index contributed by atoms with van der Waals surface area (Å²) in [5, 5.41) is 4.51. The van der Waals surface area contributed by atoms with Gasteiger partial charge in [0.05, 0.1) is 5.54 Å². The third-order valence-electron chi connectivity index (χ3n) is 6.40. The van der Waals surface area contributed by atoms with E-state index in [2.05, 4.69) is 56.1 Å². The number of nitrogens with zero attached hydrogens (tertiary/aromatic N) is 3. The van der Waals surface area contributed by atoms with Gasteiger partial charge in [0.1, 0.15) is 0 Å². The lowest BCUT2D eigenvalue weighted by Gasteiger charge is -2.38. The first kappa shape index (κ1) is 18.3. The van der Waals surface area contributed by atoms with Crippen molar-refractivity contribution in [3.05, 3.63) is 66.4 Å². The van der Waals surface area contributed by atoms with Gasteiger partial charge in [-0.05, 0) is 48.6 Å². The Morgan fingerprint density at radius 2 is 1.76 bits per heavy atom. The molecule has 2 fully saturated rings. The number of hydrogen-bond donors (Lipinski definition) is 1. The molecule has 2 aliphatic rings. The molecule has 3 aromatic rings. The standard InChI is InChI=1S/C24H28N4O/c1-26-12-9-19-7-8-20(17-22(19)26)23(29)25-24(10-11-24)18-27-13-15-28(16-14-27)21-5-3-2-4-6-21/h2-9,12,17H,10-11,13-16,18H2,1H3,(H,25,29).